The van der Waals surface area contributed by atoms with E-state index in [0.717, 1.165) is 6.42 Å². The van der Waals surface area contributed by atoms with Crippen molar-refractivity contribution in [3.05, 3.63) is 53.5 Å². The molecule has 0 unspecified atom stereocenters. The molecule has 1 aromatic rings. The number of hydrogen-bond acceptors (Lipinski definition) is 0. The summed E-state index contributed by atoms with van der Waals surface area (Å²) >= 11 is 0. The van der Waals surface area contributed by atoms with E-state index in [0.29, 0.717) is 0 Å². The maximum absolute atomic E-state index is 2.23. The minimum Gasteiger partial charge on any atom is -0.0835 e. The number of benzene rings is 1. The van der Waals surface area contributed by atoms with E-state index in [-0.39, 0.29) is 0 Å². The molecule has 0 aromatic heterocycles. The highest BCUT2D eigenvalue weighted by molar-refractivity contribution is 5.43. The Morgan fingerprint density at radius 1 is 1.27 bits per heavy atom. The summed E-state index contributed by atoms with van der Waals surface area (Å²) in [5.41, 5.74) is 4.17. The molecule has 0 N–H and O–H groups in total. The average Bonchev–Trinajstić information content (AvgIpc) is 2.04. The highest BCUT2D eigenvalue weighted by Crippen LogP contribution is 2.18. The number of aryl methyl sites for hydroxylation is 1. The van der Waals surface area contributed by atoms with Crippen molar-refractivity contribution in [2.45, 2.75) is 13.3 Å². The van der Waals surface area contributed by atoms with Gasteiger partial charge in [0, 0.05) is 6.42 Å². The van der Waals surface area contributed by atoms with E-state index in [1.807, 2.05) is 0 Å². The topological polar surface area (TPSA) is 0 Å². The third-order valence-corrected chi connectivity index (χ3v) is 2.05. The zero-order valence-electron chi connectivity index (χ0n) is 6.67. The van der Waals surface area contributed by atoms with Gasteiger partial charge in [-0.15, -0.1) is 0 Å². The summed E-state index contributed by atoms with van der Waals surface area (Å²) in [5.74, 6) is 0. The van der Waals surface area contributed by atoms with E-state index < -0.39 is 0 Å². The molecule has 11 heavy (non-hydrogen) atoms. The summed E-state index contributed by atoms with van der Waals surface area (Å²) in [6.45, 7) is 2.13. The van der Waals surface area contributed by atoms with Crippen LogP contribution in [0.5, 0.6) is 0 Å². The molecule has 0 fully saturated rings. The molecule has 0 saturated heterocycles. The Bertz CT molecular complexity index is 295. The monoisotopic (exact) mass is 143 g/mol. The second kappa shape index (κ2) is 2.54. The minimum absolute atomic E-state index is 1.09. The Kier molecular flexibility index (Phi) is 1.54. The van der Waals surface area contributed by atoms with Gasteiger partial charge < -0.3 is 0 Å². The van der Waals surface area contributed by atoms with Crippen LogP contribution in [-0.4, -0.2) is 0 Å². The van der Waals surface area contributed by atoms with E-state index in [1.54, 1.807) is 0 Å². The summed E-state index contributed by atoms with van der Waals surface area (Å²) in [5, 5.41) is 0. The van der Waals surface area contributed by atoms with Crippen molar-refractivity contribution >= 4 is 0 Å². The molecule has 0 nitrogen and oxygen atoms in total. The van der Waals surface area contributed by atoms with Crippen LogP contribution in [0, 0.1) is 13.3 Å². The molecule has 0 heterocycles. The molecule has 0 amide bonds. The molecule has 1 radical (unpaired) electrons. The van der Waals surface area contributed by atoms with Gasteiger partial charge in [-0.3, -0.25) is 0 Å². The number of allylic oxidation sites excluding steroid dienone is 2. The molecule has 1 aliphatic rings. The van der Waals surface area contributed by atoms with Crippen LogP contribution in [0.25, 0.3) is 0 Å². The molecule has 2 rings (SSSR count). The van der Waals surface area contributed by atoms with Gasteiger partial charge in [0.15, 0.2) is 0 Å². The lowest BCUT2D eigenvalue weighted by Gasteiger charge is -2.10. The molecule has 0 saturated carbocycles. The van der Waals surface area contributed by atoms with Crippen LogP contribution in [0.3, 0.4) is 0 Å². The summed E-state index contributed by atoms with van der Waals surface area (Å²) < 4.78 is 0. The van der Waals surface area contributed by atoms with Crippen LogP contribution in [-0.2, 0) is 6.42 Å². The number of fused-ring (bicyclic) bond motifs is 1. The first-order valence-corrected chi connectivity index (χ1v) is 3.96. The van der Waals surface area contributed by atoms with Gasteiger partial charge in [0.05, 0.1) is 0 Å². The highest BCUT2D eigenvalue weighted by atomic mass is 14.1. The second-order valence-corrected chi connectivity index (χ2v) is 3.00. The SMILES string of the molecule is Cc1ccc2c(c1)[CH]C=CC2. The average molecular weight is 143 g/mol. The van der Waals surface area contributed by atoms with Crippen LogP contribution in [0.1, 0.15) is 16.7 Å². The van der Waals surface area contributed by atoms with Crippen LogP contribution < -0.4 is 0 Å². The first kappa shape index (κ1) is 6.66. The molecule has 0 spiro atoms. The molecule has 0 heteroatoms. The molecule has 55 valence electrons. The summed E-state index contributed by atoms with van der Waals surface area (Å²) in [6.07, 6.45) is 7.58. The Balaban J connectivity index is 2.48. The van der Waals surface area contributed by atoms with Crippen LogP contribution in [0.4, 0.5) is 0 Å². The van der Waals surface area contributed by atoms with Gasteiger partial charge in [0.25, 0.3) is 0 Å². The fourth-order valence-electron chi connectivity index (χ4n) is 1.42. The third-order valence-electron chi connectivity index (χ3n) is 2.05. The molecule has 0 bridgehead atoms. The molecule has 1 aliphatic carbocycles. The normalized spacial score (nSPS) is 14.6. The van der Waals surface area contributed by atoms with Gasteiger partial charge in [-0.2, -0.15) is 0 Å². The minimum atomic E-state index is 1.09. The lowest BCUT2D eigenvalue weighted by molar-refractivity contribution is 1.18. The van der Waals surface area contributed by atoms with Gasteiger partial charge in [-0.05, 0) is 24.5 Å². The molecular weight excluding hydrogens is 132 g/mol. The maximum atomic E-state index is 2.23. The second-order valence-electron chi connectivity index (χ2n) is 3.00. The van der Waals surface area contributed by atoms with Crippen molar-refractivity contribution in [2.75, 3.05) is 0 Å². The van der Waals surface area contributed by atoms with Crippen LogP contribution >= 0.6 is 0 Å². The fraction of sp³-hybridized carbons (Fsp3) is 0.182. The van der Waals surface area contributed by atoms with E-state index in [2.05, 4.69) is 43.7 Å². The van der Waals surface area contributed by atoms with E-state index in [9.17, 15) is 0 Å². The van der Waals surface area contributed by atoms with Crippen molar-refractivity contribution in [1.29, 1.82) is 0 Å². The predicted molar refractivity (Wildman–Crippen MR) is 47.4 cm³/mol. The number of hydrogen-bond donors (Lipinski definition) is 0. The van der Waals surface area contributed by atoms with Crippen molar-refractivity contribution in [1.82, 2.24) is 0 Å². The molecule has 1 aromatic carbocycles. The van der Waals surface area contributed by atoms with Gasteiger partial charge in [-0.25, -0.2) is 0 Å². The van der Waals surface area contributed by atoms with Gasteiger partial charge in [-0.1, -0.05) is 35.9 Å². The summed E-state index contributed by atoms with van der Waals surface area (Å²) in [7, 11) is 0. The van der Waals surface area contributed by atoms with Gasteiger partial charge in [0.1, 0.15) is 0 Å². The lowest BCUT2D eigenvalue weighted by atomic mass is 9.95. The largest absolute Gasteiger partial charge is 0.0835 e. The third kappa shape index (κ3) is 1.21. The molecule has 0 aliphatic heterocycles. The van der Waals surface area contributed by atoms with E-state index in [1.165, 1.54) is 16.7 Å². The highest BCUT2D eigenvalue weighted by Gasteiger charge is 2.03. The Hall–Kier alpha value is -1.04. The lowest BCUT2D eigenvalue weighted by Crippen LogP contribution is -1.95. The number of rotatable bonds is 0. The Morgan fingerprint density at radius 2 is 2.18 bits per heavy atom. The first-order valence-electron chi connectivity index (χ1n) is 3.96. The Labute approximate surface area is 67.6 Å². The molecule has 0 atom stereocenters. The van der Waals surface area contributed by atoms with Gasteiger partial charge in [0.2, 0.25) is 0 Å². The Morgan fingerprint density at radius 3 is 3.09 bits per heavy atom. The van der Waals surface area contributed by atoms with E-state index >= 15 is 0 Å². The summed E-state index contributed by atoms with van der Waals surface area (Å²) in [4.78, 5) is 0. The van der Waals surface area contributed by atoms with Crippen molar-refractivity contribution in [3.63, 3.8) is 0 Å². The standard InChI is InChI=1S/C11H11/c1-9-6-7-10-4-2-3-5-11(10)8-9/h2-3,5-8H,4H2,1H3. The zero-order chi connectivity index (χ0) is 7.68. The maximum Gasteiger partial charge on any atom is 0.0125 e. The first-order chi connectivity index (χ1) is 5.36. The summed E-state index contributed by atoms with van der Waals surface area (Å²) in [6, 6.07) is 6.62. The zero-order valence-corrected chi connectivity index (χ0v) is 6.67. The van der Waals surface area contributed by atoms with Crippen molar-refractivity contribution in [2.24, 2.45) is 0 Å². The van der Waals surface area contributed by atoms with Gasteiger partial charge >= 0.3 is 0 Å². The van der Waals surface area contributed by atoms with Crippen molar-refractivity contribution in [3.8, 4) is 0 Å². The van der Waals surface area contributed by atoms with E-state index in [4.69, 9.17) is 0 Å². The quantitative estimate of drug-likeness (QED) is 0.523. The van der Waals surface area contributed by atoms with Crippen LogP contribution in [0.15, 0.2) is 30.4 Å². The smallest absolute Gasteiger partial charge is 0.0125 e. The fourth-order valence-corrected chi connectivity index (χ4v) is 1.42. The van der Waals surface area contributed by atoms with Crippen molar-refractivity contribution < 1.29 is 0 Å². The van der Waals surface area contributed by atoms with Crippen LogP contribution in [0.2, 0.25) is 0 Å². The predicted octanol–water partition coefficient (Wildman–Crippen LogP) is 2.66. The molecular formula is C11H11.